The number of rotatable bonds is 10. The van der Waals surface area contributed by atoms with Crippen LogP contribution in [0.25, 0.3) is 0 Å². The Hall–Kier alpha value is -1.02. The second-order valence-corrected chi connectivity index (χ2v) is 6.56. The Morgan fingerprint density at radius 3 is 2.54 bits per heavy atom. The van der Waals surface area contributed by atoms with E-state index >= 15 is 0 Å². The fourth-order valence-electron chi connectivity index (χ4n) is 3.03. The Bertz CT molecular complexity index is 544. The van der Waals surface area contributed by atoms with E-state index in [0.717, 1.165) is 50.4 Å². The third-order valence-electron chi connectivity index (χ3n) is 4.75. The van der Waals surface area contributed by atoms with Crippen molar-refractivity contribution in [2.75, 3.05) is 39.8 Å². The lowest BCUT2D eigenvalue weighted by Crippen LogP contribution is -2.39. The fraction of sp³-hybridized carbons (Fsp3) is 0.650. The summed E-state index contributed by atoms with van der Waals surface area (Å²) in [5.41, 5.74) is 1.25. The van der Waals surface area contributed by atoms with Crippen LogP contribution in [0.3, 0.4) is 0 Å². The standard InChI is InChI=1S/C20H34N4O.HI/c1-5-21-20(22-14-16-11-12-16)23-15-19(24(6-2)7-3)17-9-8-10-18(13-17)25-4;/h8-10,13,16,19H,5-7,11-12,14-15H2,1-4H3,(H2,21,22,23);1H. The molecule has 0 aliphatic heterocycles. The molecule has 6 heteroatoms. The molecule has 1 aromatic carbocycles. The molecule has 2 N–H and O–H groups in total. The maximum atomic E-state index is 5.41. The number of halogens is 1. The molecule has 1 aliphatic carbocycles. The van der Waals surface area contributed by atoms with Gasteiger partial charge in [0, 0.05) is 13.1 Å². The summed E-state index contributed by atoms with van der Waals surface area (Å²) in [6, 6.07) is 8.61. The zero-order chi connectivity index (χ0) is 18.1. The van der Waals surface area contributed by atoms with Gasteiger partial charge in [-0.3, -0.25) is 9.89 Å². The zero-order valence-electron chi connectivity index (χ0n) is 16.6. The minimum absolute atomic E-state index is 0. The van der Waals surface area contributed by atoms with Crippen LogP contribution in [0.1, 0.15) is 45.2 Å². The van der Waals surface area contributed by atoms with Crippen LogP contribution in [0.5, 0.6) is 5.75 Å². The molecule has 1 aliphatic rings. The van der Waals surface area contributed by atoms with Gasteiger partial charge < -0.3 is 15.4 Å². The van der Waals surface area contributed by atoms with E-state index in [1.54, 1.807) is 7.11 Å². The lowest BCUT2D eigenvalue weighted by molar-refractivity contribution is 0.224. The first-order valence-electron chi connectivity index (χ1n) is 9.61. The Balaban J connectivity index is 0.00000338. The number of nitrogens with one attached hydrogen (secondary N) is 2. The molecule has 2 rings (SSSR count). The smallest absolute Gasteiger partial charge is 0.191 e. The van der Waals surface area contributed by atoms with Gasteiger partial charge >= 0.3 is 0 Å². The highest BCUT2D eigenvalue weighted by Crippen LogP contribution is 2.27. The molecule has 0 saturated heterocycles. The van der Waals surface area contributed by atoms with E-state index in [1.807, 2.05) is 6.07 Å². The molecule has 5 nitrogen and oxygen atoms in total. The third-order valence-corrected chi connectivity index (χ3v) is 4.75. The number of likely N-dealkylation sites (N-methyl/N-ethyl adjacent to an activating group) is 1. The van der Waals surface area contributed by atoms with Crippen molar-refractivity contribution in [1.82, 2.24) is 15.5 Å². The van der Waals surface area contributed by atoms with E-state index in [9.17, 15) is 0 Å². The van der Waals surface area contributed by atoms with E-state index < -0.39 is 0 Å². The van der Waals surface area contributed by atoms with Crippen molar-refractivity contribution in [3.63, 3.8) is 0 Å². The molecule has 148 valence electrons. The van der Waals surface area contributed by atoms with Gasteiger partial charge in [0.25, 0.3) is 0 Å². The molecule has 0 spiro atoms. The normalized spacial score (nSPS) is 15.3. The first kappa shape index (κ1) is 23.0. The number of aliphatic imine (C=N–C) groups is 1. The van der Waals surface area contributed by atoms with Crippen molar-refractivity contribution in [2.45, 2.75) is 39.7 Å². The van der Waals surface area contributed by atoms with Gasteiger partial charge in [-0.25, -0.2) is 0 Å². The number of methoxy groups -OCH3 is 1. The van der Waals surface area contributed by atoms with E-state index in [0.29, 0.717) is 0 Å². The minimum Gasteiger partial charge on any atom is -0.497 e. The van der Waals surface area contributed by atoms with Crippen molar-refractivity contribution in [3.8, 4) is 5.75 Å². The maximum Gasteiger partial charge on any atom is 0.191 e. The monoisotopic (exact) mass is 474 g/mol. The van der Waals surface area contributed by atoms with Crippen LogP contribution in [0.15, 0.2) is 29.3 Å². The molecule has 1 atom stereocenters. The molecule has 1 saturated carbocycles. The molecule has 0 heterocycles. The van der Waals surface area contributed by atoms with Crippen LogP contribution in [0.4, 0.5) is 0 Å². The summed E-state index contributed by atoms with van der Waals surface area (Å²) >= 11 is 0. The second-order valence-electron chi connectivity index (χ2n) is 6.56. The highest BCUT2D eigenvalue weighted by molar-refractivity contribution is 14.0. The molecule has 1 fully saturated rings. The Kier molecular flexibility index (Phi) is 11.0. The first-order chi connectivity index (χ1) is 12.2. The summed E-state index contributed by atoms with van der Waals surface area (Å²) in [4.78, 5) is 7.32. The summed E-state index contributed by atoms with van der Waals surface area (Å²) in [6.07, 6.45) is 2.69. The van der Waals surface area contributed by atoms with Crippen LogP contribution >= 0.6 is 24.0 Å². The van der Waals surface area contributed by atoms with Crippen LogP contribution in [0, 0.1) is 5.92 Å². The van der Waals surface area contributed by atoms with Crippen molar-refractivity contribution in [2.24, 2.45) is 10.9 Å². The van der Waals surface area contributed by atoms with E-state index in [-0.39, 0.29) is 30.0 Å². The number of nitrogens with zero attached hydrogens (tertiary/aromatic N) is 2. The lowest BCUT2D eigenvalue weighted by atomic mass is 10.0. The van der Waals surface area contributed by atoms with Crippen LogP contribution in [-0.4, -0.2) is 50.7 Å². The van der Waals surface area contributed by atoms with Crippen molar-refractivity contribution in [3.05, 3.63) is 29.8 Å². The number of ether oxygens (including phenoxy) is 1. The molecule has 1 aromatic rings. The summed E-state index contributed by atoms with van der Waals surface area (Å²) in [5.74, 6) is 2.66. The Morgan fingerprint density at radius 2 is 1.96 bits per heavy atom. The number of hydrogen-bond donors (Lipinski definition) is 2. The minimum atomic E-state index is 0. The highest BCUT2D eigenvalue weighted by atomic mass is 127. The molecular weight excluding hydrogens is 439 g/mol. The van der Waals surface area contributed by atoms with Gasteiger partial charge in [-0.2, -0.15) is 0 Å². The van der Waals surface area contributed by atoms with Crippen LogP contribution in [0.2, 0.25) is 0 Å². The maximum absolute atomic E-state index is 5.41. The van der Waals surface area contributed by atoms with E-state index in [2.05, 4.69) is 54.5 Å². The average molecular weight is 474 g/mol. The topological polar surface area (TPSA) is 48.9 Å². The van der Waals surface area contributed by atoms with Gasteiger partial charge in [0.05, 0.1) is 19.7 Å². The van der Waals surface area contributed by atoms with Crippen molar-refractivity contribution < 1.29 is 4.74 Å². The number of hydrogen-bond acceptors (Lipinski definition) is 3. The van der Waals surface area contributed by atoms with Gasteiger partial charge in [0.15, 0.2) is 5.96 Å². The lowest BCUT2D eigenvalue weighted by Gasteiger charge is -2.29. The fourth-order valence-corrected chi connectivity index (χ4v) is 3.03. The van der Waals surface area contributed by atoms with Crippen LogP contribution < -0.4 is 15.4 Å². The molecule has 0 radical (unpaired) electrons. The molecule has 1 unspecified atom stereocenters. The quantitative estimate of drug-likeness (QED) is 0.309. The molecule has 0 aromatic heterocycles. The van der Waals surface area contributed by atoms with Crippen molar-refractivity contribution >= 4 is 29.9 Å². The van der Waals surface area contributed by atoms with E-state index in [1.165, 1.54) is 18.4 Å². The Labute approximate surface area is 176 Å². The number of guanidine groups is 1. The molecular formula is C20H35IN4O. The van der Waals surface area contributed by atoms with Gasteiger partial charge in [-0.05, 0) is 56.5 Å². The highest BCUT2D eigenvalue weighted by Gasteiger charge is 2.22. The van der Waals surface area contributed by atoms with Gasteiger partial charge in [0.2, 0.25) is 0 Å². The summed E-state index contributed by atoms with van der Waals surface area (Å²) in [7, 11) is 1.72. The largest absolute Gasteiger partial charge is 0.497 e. The van der Waals surface area contributed by atoms with E-state index in [4.69, 9.17) is 9.73 Å². The second kappa shape index (κ2) is 12.4. The predicted molar refractivity (Wildman–Crippen MR) is 121 cm³/mol. The van der Waals surface area contributed by atoms with Gasteiger partial charge in [-0.15, -0.1) is 24.0 Å². The molecule has 0 bridgehead atoms. The van der Waals surface area contributed by atoms with Gasteiger partial charge in [0.1, 0.15) is 5.75 Å². The van der Waals surface area contributed by atoms with Gasteiger partial charge in [-0.1, -0.05) is 26.0 Å². The van der Waals surface area contributed by atoms with Crippen molar-refractivity contribution in [1.29, 1.82) is 0 Å². The summed E-state index contributed by atoms with van der Waals surface area (Å²) in [5, 5.41) is 6.85. The molecule has 0 amide bonds. The SMILES string of the molecule is CCNC(=NCC(c1cccc(OC)c1)N(CC)CC)NCC1CC1.I. The summed E-state index contributed by atoms with van der Waals surface area (Å²) < 4.78 is 5.41. The third kappa shape index (κ3) is 7.31. The summed E-state index contributed by atoms with van der Waals surface area (Å²) in [6.45, 7) is 11.2. The zero-order valence-corrected chi connectivity index (χ0v) is 19.0. The average Bonchev–Trinajstić information content (AvgIpc) is 3.47. The first-order valence-corrected chi connectivity index (χ1v) is 9.61. The Morgan fingerprint density at radius 1 is 1.23 bits per heavy atom. The predicted octanol–water partition coefficient (Wildman–Crippen LogP) is 3.66. The number of benzene rings is 1. The molecule has 26 heavy (non-hydrogen) atoms. The van der Waals surface area contributed by atoms with Crippen LogP contribution in [-0.2, 0) is 0 Å².